The number of nitrogens with zero attached hydrogens (tertiary/aromatic N) is 1. The van der Waals surface area contributed by atoms with E-state index in [1.807, 2.05) is 11.3 Å². The van der Waals surface area contributed by atoms with Gasteiger partial charge in [-0.15, -0.1) is 11.3 Å². The van der Waals surface area contributed by atoms with Crippen molar-refractivity contribution in [2.75, 3.05) is 4.90 Å². The Balaban J connectivity index is 1.15. The van der Waals surface area contributed by atoms with E-state index in [4.69, 9.17) is 0 Å². The minimum atomic E-state index is -0.550. The van der Waals surface area contributed by atoms with E-state index < -0.39 is 5.41 Å². The first-order valence-electron chi connectivity index (χ1n) is 22.4. The molecular weight excluding hydrogens is 803 g/mol. The third-order valence-electron chi connectivity index (χ3n) is 13.7. The van der Waals surface area contributed by atoms with E-state index >= 15 is 0 Å². The summed E-state index contributed by atoms with van der Waals surface area (Å²) in [6.45, 7) is 0. The molecule has 1 nitrogen and oxygen atoms in total. The van der Waals surface area contributed by atoms with Crippen molar-refractivity contribution < 1.29 is 0 Å². The van der Waals surface area contributed by atoms with E-state index in [2.05, 4.69) is 254 Å². The number of benzene rings is 11. The Hall–Kier alpha value is -8.04. The van der Waals surface area contributed by atoms with Crippen LogP contribution in [0.1, 0.15) is 22.3 Å². The highest BCUT2D eigenvalue weighted by Gasteiger charge is 2.46. The Morgan fingerprint density at radius 1 is 0.323 bits per heavy atom. The summed E-state index contributed by atoms with van der Waals surface area (Å²) in [4.78, 5) is 2.57. The first-order valence-corrected chi connectivity index (χ1v) is 23.2. The van der Waals surface area contributed by atoms with E-state index in [0.717, 1.165) is 22.6 Å². The number of fused-ring (bicyclic) bond motifs is 9. The molecule has 0 aliphatic heterocycles. The molecule has 0 saturated heterocycles. The van der Waals surface area contributed by atoms with E-state index in [1.165, 1.54) is 91.8 Å². The molecule has 13 rings (SSSR count). The molecule has 1 heterocycles. The predicted octanol–water partition coefficient (Wildman–Crippen LogP) is 17.5. The largest absolute Gasteiger partial charge is 0.309 e. The first-order chi connectivity index (χ1) is 32.3. The quantitative estimate of drug-likeness (QED) is 0.145. The molecule has 0 N–H and O–H groups in total. The molecule has 0 saturated carbocycles. The highest BCUT2D eigenvalue weighted by molar-refractivity contribution is 7.26. The summed E-state index contributed by atoms with van der Waals surface area (Å²) in [5, 5.41) is 7.53. The zero-order valence-corrected chi connectivity index (χ0v) is 36.3. The molecule has 0 unspecified atom stereocenters. The highest BCUT2D eigenvalue weighted by Crippen LogP contribution is 2.58. The second kappa shape index (κ2) is 15.1. The fourth-order valence-corrected chi connectivity index (χ4v) is 12.1. The van der Waals surface area contributed by atoms with Crippen LogP contribution in [0.15, 0.2) is 249 Å². The Morgan fingerprint density at radius 3 is 1.71 bits per heavy atom. The number of hydrogen-bond acceptors (Lipinski definition) is 2. The fourth-order valence-electron chi connectivity index (χ4n) is 11.0. The fraction of sp³-hybridized carbons (Fsp3) is 0.0159. The van der Waals surface area contributed by atoms with Crippen LogP contribution in [0.2, 0.25) is 0 Å². The molecule has 0 spiro atoms. The third kappa shape index (κ3) is 5.78. The zero-order valence-electron chi connectivity index (χ0n) is 35.5. The number of rotatable bonds is 7. The Morgan fingerprint density at radius 2 is 0.923 bits per heavy atom. The molecule has 2 heteroatoms. The van der Waals surface area contributed by atoms with Crippen LogP contribution in [0.3, 0.4) is 0 Å². The van der Waals surface area contributed by atoms with E-state index in [0.29, 0.717) is 0 Å². The van der Waals surface area contributed by atoms with Gasteiger partial charge in [-0.05, 0) is 114 Å². The molecule has 1 aliphatic rings. The lowest BCUT2D eigenvalue weighted by Gasteiger charge is -2.35. The lowest BCUT2D eigenvalue weighted by atomic mass is 9.67. The summed E-state index contributed by atoms with van der Waals surface area (Å²) in [7, 11) is 0. The first kappa shape index (κ1) is 37.5. The molecule has 0 atom stereocenters. The van der Waals surface area contributed by atoms with Crippen LogP contribution in [-0.4, -0.2) is 0 Å². The van der Waals surface area contributed by atoms with Crippen LogP contribution in [0, 0.1) is 0 Å². The minimum Gasteiger partial charge on any atom is -0.309 e. The minimum absolute atomic E-state index is 0.550. The average Bonchev–Trinajstić information content (AvgIpc) is 3.91. The van der Waals surface area contributed by atoms with Crippen molar-refractivity contribution in [1.29, 1.82) is 0 Å². The normalized spacial score (nSPS) is 12.7. The Kier molecular flexibility index (Phi) is 8.69. The Labute approximate surface area is 382 Å². The van der Waals surface area contributed by atoms with Crippen molar-refractivity contribution in [2.45, 2.75) is 5.41 Å². The van der Waals surface area contributed by atoms with Crippen LogP contribution in [-0.2, 0) is 5.41 Å². The maximum atomic E-state index is 2.57. The van der Waals surface area contributed by atoms with Crippen LogP contribution >= 0.6 is 11.3 Å². The van der Waals surface area contributed by atoms with Gasteiger partial charge in [0.2, 0.25) is 0 Å². The topological polar surface area (TPSA) is 3.24 Å². The van der Waals surface area contributed by atoms with Gasteiger partial charge in [-0.3, -0.25) is 0 Å². The molecule has 11 aromatic carbocycles. The molecule has 0 fully saturated rings. The molecule has 0 amide bonds. The van der Waals surface area contributed by atoms with E-state index in [-0.39, 0.29) is 0 Å². The standard InChI is InChI=1S/C63H41NS/c1-4-19-42(20-5-1)49-37-35-44(55-39-43-21-10-11-26-48(43)50-27-12-13-28-51(50)55)40-59(49)64(58-32-18-34-61-62(58)54-30-15-17-33-60(54)65-61)47-36-38-53-52-29-14-16-31-56(52)63(57(53)41-47,45-22-6-2-7-23-45)46-24-8-3-9-25-46/h1-41H. The summed E-state index contributed by atoms with van der Waals surface area (Å²) in [5.74, 6) is 0. The van der Waals surface area contributed by atoms with Crippen LogP contribution < -0.4 is 4.90 Å². The molecular formula is C63H41NS. The van der Waals surface area contributed by atoms with Crippen LogP contribution in [0.25, 0.3) is 75.1 Å². The van der Waals surface area contributed by atoms with Gasteiger partial charge in [0.15, 0.2) is 0 Å². The van der Waals surface area contributed by atoms with Gasteiger partial charge in [0.05, 0.1) is 16.8 Å². The molecule has 1 aliphatic carbocycles. The highest BCUT2D eigenvalue weighted by atomic mass is 32.1. The van der Waals surface area contributed by atoms with Crippen molar-refractivity contribution in [2.24, 2.45) is 0 Å². The van der Waals surface area contributed by atoms with Gasteiger partial charge in [0.25, 0.3) is 0 Å². The Bertz CT molecular complexity index is 3730. The summed E-state index contributed by atoms with van der Waals surface area (Å²) in [6.07, 6.45) is 0. The smallest absolute Gasteiger partial charge is 0.0714 e. The van der Waals surface area contributed by atoms with Gasteiger partial charge in [-0.25, -0.2) is 0 Å². The molecule has 0 radical (unpaired) electrons. The lowest BCUT2D eigenvalue weighted by Crippen LogP contribution is -2.28. The second-order valence-electron chi connectivity index (χ2n) is 17.1. The van der Waals surface area contributed by atoms with Crippen molar-refractivity contribution in [3.05, 3.63) is 271 Å². The monoisotopic (exact) mass is 843 g/mol. The summed E-state index contributed by atoms with van der Waals surface area (Å²) in [6, 6.07) is 92.4. The third-order valence-corrected chi connectivity index (χ3v) is 14.9. The molecule has 304 valence electrons. The molecule has 12 aromatic rings. The van der Waals surface area contributed by atoms with Gasteiger partial charge in [0, 0.05) is 31.4 Å². The molecule has 0 bridgehead atoms. The molecule has 1 aromatic heterocycles. The average molecular weight is 844 g/mol. The summed E-state index contributed by atoms with van der Waals surface area (Å²) >= 11 is 1.87. The van der Waals surface area contributed by atoms with Crippen molar-refractivity contribution in [3.63, 3.8) is 0 Å². The summed E-state index contributed by atoms with van der Waals surface area (Å²) in [5.41, 5.74) is 15.2. The van der Waals surface area contributed by atoms with Crippen molar-refractivity contribution in [3.8, 4) is 33.4 Å². The van der Waals surface area contributed by atoms with Gasteiger partial charge in [0.1, 0.15) is 0 Å². The maximum absolute atomic E-state index is 2.57. The van der Waals surface area contributed by atoms with Crippen LogP contribution in [0.5, 0.6) is 0 Å². The van der Waals surface area contributed by atoms with Gasteiger partial charge >= 0.3 is 0 Å². The lowest BCUT2D eigenvalue weighted by molar-refractivity contribution is 0.768. The number of thiophene rings is 1. The number of anilines is 3. The molecule has 65 heavy (non-hydrogen) atoms. The number of hydrogen-bond donors (Lipinski definition) is 0. The van der Waals surface area contributed by atoms with E-state index in [9.17, 15) is 0 Å². The van der Waals surface area contributed by atoms with Gasteiger partial charge in [-0.1, -0.05) is 206 Å². The van der Waals surface area contributed by atoms with E-state index in [1.54, 1.807) is 0 Å². The maximum Gasteiger partial charge on any atom is 0.0714 e. The van der Waals surface area contributed by atoms with Crippen molar-refractivity contribution in [1.82, 2.24) is 0 Å². The van der Waals surface area contributed by atoms with Crippen molar-refractivity contribution >= 4 is 70.1 Å². The van der Waals surface area contributed by atoms with Gasteiger partial charge < -0.3 is 4.90 Å². The predicted molar refractivity (Wildman–Crippen MR) is 277 cm³/mol. The SMILES string of the molecule is c1ccc(-c2ccc(-c3cc4ccccc4c4ccccc34)cc2N(c2ccc3c(c2)C(c2ccccc2)(c2ccccc2)c2ccccc2-3)c2cccc3sc4ccccc4c23)cc1. The summed E-state index contributed by atoms with van der Waals surface area (Å²) < 4.78 is 2.55. The zero-order chi connectivity index (χ0) is 42.9. The van der Waals surface area contributed by atoms with Crippen LogP contribution in [0.4, 0.5) is 17.1 Å². The second-order valence-corrected chi connectivity index (χ2v) is 18.2. The van der Waals surface area contributed by atoms with Gasteiger partial charge in [-0.2, -0.15) is 0 Å².